The molecule has 2 heteroatoms. The van der Waals surface area contributed by atoms with Crippen molar-refractivity contribution in [1.29, 1.82) is 0 Å². The molecule has 0 amide bonds. The molecule has 0 spiro atoms. The van der Waals surface area contributed by atoms with E-state index in [0.29, 0.717) is 6.04 Å². The van der Waals surface area contributed by atoms with Crippen LogP contribution in [0, 0.1) is 0 Å². The van der Waals surface area contributed by atoms with Crippen molar-refractivity contribution in [3.63, 3.8) is 0 Å². The highest BCUT2D eigenvalue weighted by Crippen LogP contribution is 2.21. The molecule has 82 valence electrons. The fourth-order valence-corrected chi connectivity index (χ4v) is 1.90. The third-order valence-corrected chi connectivity index (χ3v) is 2.78. The highest BCUT2D eigenvalue weighted by atomic mass is 14.9. The SMILES string of the molecule is C=CCC(NC)c1ccc2ncccc2c1. The number of nitrogens with zero attached hydrogens (tertiary/aromatic N) is 1. The average molecular weight is 212 g/mol. The maximum atomic E-state index is 4.31. The van der Waals surface area contributed by atoms with Gasteiger partial charge < -0.3 is 5.32 Å². The molecule has 0 saturated carbocycles. The van der Waals surface area contributed by atoms with Gasteiger partial charge in [0.05, 0.1) is 5.52 Å². The van der Waals surface area contributed by atoms with Gasteiger partial charge >= 0.3 is 0 Å². The predicted molar refractivity (Wildman–Crippen MR) is 68.4 cm³/mol. The molecule has 0 aliphatic carbocycles. The molecule has 2 aromatic rings. The lowest BCUT2D eigenvalue weighted by Gasteiger charge is -2.14. The van der Waals surface area contributed by atoms with Gasteiger partial charge in [-0.2, -0.15) is 0 Å². The van der Waals surface area contributed by atoms with E-state index in [0.717, 1.165) is 11.9 Å². The van der Waals surface area contributed by atoms with Crippen LogP contribution in [0.1, 0.15) is 18.0 Å². The molecule has 1 atom stereocenters. The van der Waals surface area contributed by atoms with Crippen molar-refractivity contribution in [3.8, 4) is 0 Å². The van der Waals surface area contributed by atoms with E-state index in [4.69, 9.17) is 0 Å². The van der Waals surface area contributed by atoms with Crippen LogP contribution >= 0.6 is 0 Å². The van der Waals surface area contributed by atoms with Crippen LogP contribution in [0.25, 0.3) is 10.9 Å². The number of hydrogen-bond acceptors (Lipinski definition) is 2. The summed E-state index contributed by atoms with van der Waals surface area (Å²) in [4.78, 5) is 4.31. The van der Waals surface area contributed by atoms with Crippen molar-refractivity contribution < 1.29 is 0 Å². The normalized spacial score (nSPS) is 12.6. The summed E-state index contributed by atoms with van der Waals surface area (Å²) in [7, 11) is 1.97. The van der Waals surface area contributed by atoms with Gasteiger partial charge in [0.15, 0.2) is 0 Å². The summed E-state index contributed by atoms with van der Waals surface area (Å²) in [6.45, 7) is 3.78. The molecular formula is C14H16N2. The summed E-state index contributed by atoms with van der Waals surface area (Å²) in [6.07, 6.45) is 4.69. The summed E-state index contributed by atoms with van der Waals surface area (Å²) in [6, 6.07) is 10.8. The Labute approximate surface area is 96.0 Å². The van der Waals surface area contributed by atoms with E-state index in [-0.39, 0.29) is 0 Å². The van der Waals surface area contributed by atoms with E-state index in [1.165, 1.54) is 10.9 Å². The van der Waals surface area contributed by atoms with Crippen LogP contribution in [0.2, 0.25) is 0 Å². The minimum atomic E-state index is 0.335. The molecule has 0 bridgehead atoms. The molecule has 16 heavy (non-hydrogen) atoms. The van der Waals surface area contributed by atoms with Gasteiger partial charge in [-0.15, -0.1) is 6.58 Å². The molecule has 1 aromatic heterocycles. The molecule has 0 radical (unpaired) electrons. The summed E-state index contributed by atoms with van der Waals surface area (Å²) < 4.78 is 0. The van der Waals surface area contributed by atoms with E-state index < -0.39 is 0 Å². The Morgan fingerprint density at radius 1 is 1.44 bits per heavy atom. The molecule has 0 aliphatic rings. The molecule has 0 aliphatic heterocycles. The second-order valence-corrected chi connectivity index (χ2v) is 3.82. The lowest BCUT2D eigenvalue weighted by Crippen LogP contribution is -2.15. The number of rotatable bonds is 4. The monoisotopic (exact) mass is 212 g/mol. The van der Waals surface area contributed by atoms with Crippen molar-refractivity contribution in [2.45, 2.75) is 12.5 Å². The van der Waals surface area contributed by atoms with Gasteiger partial charge in [-0.3, -0.25) is 4.98 Å². The molecule has 1 N–H and O–H groups in total. The van der Waals surface area contributed by atoms with Crippen molar-refractivity contribution in [2.24, 2.45) is 0 Å². The number of fused-ring (bicyclic) bond motifs is 1. The minimum absolute atomic E-state index is 0.335. The predicted octanol–water partition coefficient (Wildman–Crippen LogP) is 3.07. The topological polar surface area (TPSA) is 24.9 Å². The second-order valence-electron chi connectivity index (χ2n) is 3.82. The van der Waals surface area contributed by atoms with Crippen molar-refractivity contribution in [2.75, 3.05) is 7.05 Å². The number of hydrogen-bond donors (Lipinski definition) is 1. The standard InChI is InChI=1S/C14H16N2/c1-3-5-13(15-2)12-7-8-14-11(10-12)6-4-9-16-14/h3-4,6-10,13,15H,1,5H2,2H3. The van der Waals surface area contributed by atoms with Crippen molar-refractivity contribution in [3.05, 3.63) is 54.7 Å². The number of nitrogens with one attached hydrogen (secondary N) is 1. The Hall–Kier alpha value is -1.67. The Morgan fingerprint density at radius 2 is 2.31 bits per heavy atom. The second kappa shape index (κ2) is 4.90. The van der Waals surface area contributed by atoms with E-state index in [1.807, 2.05) is 25.4 Å². The number of aromatic nitrogens is 1. The van der Waals surface area contributed by atoms with Crippen LogP contribution in [0.3, 0.4) is 0 Å². The van der Waals surface area contributed by atoms with Crippen molar-refractivity contribution in [1.82, 2.24) is 10.3 Å². The van der Waals surface area contributed by atoms with Gasteiger partial charge in [0.2, 0.25) is 0 Å². The molecule has 2 rings (SSSR count). The van der Waals surface area contributed by atoms with Crippen LogP contribution in [0.15, 0.2) is 49.2 Å². The van der Waals surface area contributed by atoms with Crippen LogP contribution in [0.4, 0.5) is 0 Å². The van der Waals surface area contributed by atoms with Gasteiger partial charge in [-0.25, -0.2) is 0 Å². The van der Waals surface area contributed by atoms with Crippen LogP contribution in [-0.4, -0.2) is 12.0 Å². The molecule has 2 nitrogen and oxygen atoms in total. The van der Waals surface area contributed by atoms with Crippen LogP contribution < -0.4 is 5.32 Å². The first kappa shape index (κ1) is 10.8. The first-order valence-corrected chi connectivity index (χ1v) is 5.48. The van der Waals surface area contributed by atoms with E-state index in [2.05, 4.69) is 41.1 Å². The molecule has 1 unspecified atom stereocenters. The van der Waals surface area contributed by atoms with Crippen LogP contribution in [-0.2, 0) is 0 Å². The zero-order chi connectivity index (χ0) is 11.4. The Kier molecular flexibility index (Phi) is 3.32. The van der Waals surface area contributed by atoms with Gasteiger partial charge in [0.25, 0.3) is 0 Å². The molecule has 0 saturated heterocycles. The van der Waals surface area contributed by atoms with Gasteiger partial charge in [0.1, 0.15) is 0 Å². The lowest BCUT2D eigenvalue weighted by molar-refractivity contribution is 0.604. The first-order chi connectivity index (χ1) is 7.85. The third-order valence-electron chi connectivity index (χ3n) is 2.78. The van der Waals surface area contributed by atoms with Gasteiger partial charge in [0, 0.05) is 17.6 Å². The minimum Gasteiger partial charge on any atom is -0.313 e. The van der Waals surface area contributed by atoms with Gasteiger partial charge in [-0.1, -0.05) is 18.2 Å². The first-order valence-electron chi connectivity index (χ1n) is 5.48. The fourth-order valence-electron chi connectivity index (χ4n) is 1.90. The number of benzene rings is 1. The summed E-state index contributed by atoms with van der Waals surface area (Å²) in [5.74, 6) is 0. The molecular weight excluding hydrogens is 196 g/mol. The summed E-state index contributed by atoms with van der Waals surface area (Å²) in [5, 5.41) is 4.48. The molecule has 1 aromatic carbocycles. The Morgan fingerprint density at radius 3 is 3.06 bits per heavy atom. The third kappa shape index (κ3) is 2.12. The maximum Gasteiger partial charge on any atom is 0.0702 e. The smallest absolute Gasteiger partial charge is 0.0702 e. The largest absolute Gasteiger partial charge is 0.313 e. The average Bonchev–Trinajstić information content (AvgIpc) is 2.35. The summed E-state index contributed by atoms with van der Waals surface area (Å²) in [5.41, 5.74) is 2.32. The quantitative estimate of drug-likeness (QED) is 0.788. The van der Waals surface area contributed by atoms with E-state index in [9.17, 15) is 0 Å². The maximum absolute atomic E-state index is 4.31. The molecule has 0 fully saturated rings. The molecule has 1 heterocycles. The summed E-state index contributed by atoms with van der Waals surface area (Å²) >= 11 is 0. The van der Waals surface area contributed by atoms with E-state index >= 15 is 0 Å². The van der Waals surface area contributed by atoms with E-state index in [1.54, 1.807) is 0 Å². The highest BCUT2D eigenvalue weighted by molar-refractivity contribution is 5.79. The Balaban J connectivity index is 2.41. The van der Waals surface area contributed by atoms with Crippen LogP contribution in [0.5, 0.6) is 0 Å². The lowest BCUT2D eigenvalue weighted by atomic mass is 10.0. The zero-order valence-electron chi connectivity index (χ0n) is 9.48. The fraction of sp³-hybridized carbons (Fsp3) is 0.214. The number of pyridine rings is 1. The zero-order valence-corrected chi connectivity index (χ0v) is 9.48. The highest BCUT2D eigenvalue weighted by Gasteiger charge is 2.07. The Bertz CT molecular complexity index is 491. The van der Waals surface area contributed by atoms with Gasteiger partial charge in [-0.05, 0) is 37.2 Å². The van der Waals surface area contributed by atoms with Crippen molar-refractivity contribution >= 4 is 10.9 Å².